The van der Waals surface area contributed by atoms with Gasteiger partial charge >= 0.3 is 0 Å². The van der Waals surface area contributed by atoms with Crippen LogP contribution >= 0.6 is 11.8 Å². The lowest BCUT2D eigenvalue weighted by Crippen LogP contribution is -2.29. The van der Waals surface area contributed by atoms with E-state index < -0.39 is 0 Å². The summed E-state index contributed by atoms with van der Waals surface area (Å²) in [5, 5.41) is 1.00. The van der Waals surface area contributed by atoms with Crippen molar-refractivity contribution in [2.45, 2.75) is 18.2 Å². The van der Waals surface area contributed by atoms with Gasteiger partial charge in [0.25, 0.3) is 5.56 Å². The second-order valence-electron chi connectivity index (χ2n) is 7.82. The van der Waals surface area contributed by atoms with Gasteiger partial charge in [-0.25, -0.2) is 9.37 Å². The molecule has 34 heavy (non-hydrogen) atoms. The Morgan fingerprint density at radius 1 is 1.03 bits per heavy atom. The summed E-state index contributed by atoms with van der Waals surface area (Å²) >= 11 is 1.23. The molecule has 0 radical (unpaired) electrons. The molecule has 3 aromatic carbocycles. The Hall–Kier alpha value is -3.65. The monoisotopic (exact) mass is 477 g/mol. The zero-order chi connectivity index (χ0) is 24.1. The maximum atomic E-state index is 13.3. The first-order valence-electron chi connectivity index (χ1n) is 10.7. The van der Waals surface area contributed by atoms with Gasteiger partial charge in [-0.05, 0) is 47.5 Å². The summed E-state index contributed by atoms with van der Waals surface area (Å²) in [6.07, 6.45) is 0. The van der Waals surface area contributed by atoms with Crippen LogP contribution in [0.15, 0.2) is 82.7 Å². The first-order valence-corrected chi connectivity index (χ1v) is 11.7. The van der Waals surface area contributed by atoms with Crippen LogP contribution in [0.3, 0.4) is 0 Å². The molecule has 0 saturated heterocycles. The summed E-state index contributed by atoms with van der Waals surface area (Å²) < 4.78 is 20.0. The average Bonchev–Trinajstić information content (AvgIpc) is 2.86. The van der Waals surface area contributed by atoms with Gasteiger partial charge in [0.05, 0.1) is 30.3 Å². The van der Waals surface area contributed by atoms with Crippen molar-refractivity contribution in [2.75, 3.05) is 19.9 Å². The van der Waals surface area contributed by atoms with E-state index in [9.17, 15) is 14.0 Å². The number of rotatable bonds is 8. The fourth-order valence-electron chi connectivity index (χ4n) is 3.50. The van der Waals surface area contributed by atoms with Crippen molar-refractivity contribution in [1.82, 2.24) is 14.5 Å². The number of para-hydroxylation sites is 1. The first kappa shape index (κ1) is 23.5. The van der Waals surface area contributed by atoms with Crippen molar-refractivity contribution in [3.05, 3.63) is 100 Å². The lowest BCUT2D eigenvalue weighted by atomic mass is 10.2. The minimum Gasteiger partial charge on any atom is -0.497 e. The lowest BCUT2D eigenvalue weighted by Gasteiger charge is -2.18. The van der Waals surface area contributed by atoms with E-state index in [1.165, 1.54) is 23.9 Å². The molecular formula is C26H24FN3O3S. The van der Waals surface area contributed by atoms with Gasteiger partial charge in [0.2, 0.25) is 5.91 Å². The van der Waals surface area contributed by atoms with Crippen LogP contribution < -0.4 is 10.3 Å². The molecule has 0 unspecified atom stereocenters. The molecule has 0 atom stereocenters. The van der Waals surface area contributed by atoms with E-state index in [1.807, 2.05) is 36.4 Å². The third-order valence-electron chi connectivity index (χ3n) is 5.41. The Morgan fingerprint density at radius 2 is 1.71 bits per heavy atom. The maximum absolute atomic E-state index is 13.3. The number of nitrogens with zero attached hydrogens (tertiary/aromatic N) is 3. The third-order valence-corrected chi connectivity index (χ3v) is 6.37. The number of amides is 1. The van der Waals surface area contributed by atoms with Gasteiger partial charge in [0.1, 0.15) is 11.6 Å². The van der Waals surface area contributed by atoms with Gasteiger partial charge in [0, 0.05) is 13.6 Å². The Balaban J connectivity index is 1.56. The summed E-state index contributed by atoms with van der Waals surface area (Å²) in [4.78, 5) is 32.3. The number of ether oxygens (including phenoxy) is 1. The number of hydrogen-bond donors (Lipinski definition) is 0. The van der Waals surface area contributed by atoms with Gasteiger partial charge in [0.15, 0.2) is 5.16 Å². The zero-order valence-electron chi connectivity index (χ0n) is 18.9. The normalized spacial score (nSPS) is 10.9. The molecule has 8 heteroatoms. The molecule has 0 spiro atoms. The maximum Gasteiger partial charge on any atom is 0.262 e. The molecule has 0 aliphatic carbocycles. The van der Waals surface area contributed by atoms with E-state index in [0.717, 1.165) is 16.9 Å². The number of benzene rings is 3. The van der Waals surface area contributed by atoms with Crippen LogP contribution in [0.4, 0.5) is 4.39 Å². The molecule has 0 aliphatic heterocycles. The highest BCUT2D eigenvalue weighted by Crippen LogP contribution is 2.21. The fourth-order valence-corrected chi connectivity index (χ4v) is 4.44. The molecule has 6 nitrogen and oxygen atoms in total. The van der Waals surface area contributed by atoms with E-state index in [-0.39, 0.29) is 23.0 Å². The molecule has 174 valence electrons. The summed E-state index contributed by atoms with van der Waals surface area (Å²) in [6.45, 7) is 0.687. The summed E-state index contributed by atoms with van der Waals surface area (Å²) in [6, 6.07) is 20.7. The van der Waals surface area contributed by atoms with Crippen molar-refractivity contribution < 1.29 is 13.9 Å². The van der Waals surface area contributed by atoms with Crippen LogP contribution in [0.5, 0.6) is 5.75 Å². The number of halogens is 1. The molecule has 0 fully saturated rings. The van der Waals surface area contributed by atoms with Crippen LogP contribution in [-0.2, 0) is 17.9 Å². The first-order chi connectivity index (χ1) is 16.4. The second kappa shape index (κ2) is 10.5. The van der Waals surface area contributed by atoms with Crippen LogP contribution in [0, 0.1) is 5.82 Å². The topological polar surface area (TPSA) is 64.4 Å². The Labute approximate surface area is 201 Å². The molecule has 1 amide bonds. The predicted molar refractivity (Wildman–Crippen MR) is 132 cm³/mol. The van der Waals surface area contributed by atoms with Gasteiger partial charge in [-0.15, -0.1) is 0 Å². The highest BCUT2D eigenvalue weighted by Gasteiger charge is 2.16. The number of fused-ring (bicyclic) bond motifs is 1. The molecule has 1 aromatic heterocycles. The molecule has 0 saturated carbocycles. The van der Waals surface area contributed by atoms with Gasteiger partial charge in [-0.1, -0.05) is 48.2 Å². The lowest BCUT2D eigenvalue weighted by molar-refractivity contribution is -0.127. The van der Waals surface area contributed by atoms with Gasteiger partial charge in [-0.3, -0.25) is 14.2 Å². The third kappa shape index (κ3) is 5.46. The average molecular weight is 478 g/mol. The Kier molecular flexibility index (Phi) is 7.27. The summed E-state index contributed by atoms with van der Waals surface area (Å²) in [5.74, 6) is 0.417. The quantitative estimate of drug-likeness (QED) is 0.279. The van der Waals surface area contributed by atoms with Crippen molar-refractivity contribution >= 4 is 28.6 Å². The molecule has 4 aromatic rings. The van der Waals surface area contributed by atoms with E-state index in [2.05, 4.69) is 4.98 Å². The van der Waals surface area contributed by atoms with Crippen LogP contribution in [0.2, 0.25) is 0 Å². The predicted octanol–water partition coefficient (Wildman–Crippen LogP) is 4.34. The molecule has 4 rings (SSSR count). The molecule has 0 N–H and O–H groups in total. The standard InChI is InChI=1S/C26H24FN3O3S/c1-29(15-18-7-11-20(27)12-8-18)24(31)17-34-26-28-23-6-4-3-5-22(23)25(32)30(26)16-19-9-13-21(33-2)14-10-19/h3-14H,15-17H2,1-2H3. The van der Waals surface area contributed by atoms with E-state index in [0.29, 0.717) is 29.1 Å². The minimum absolute atomic E-state index is 0.116. The largest absolute Gasteiger partial charge is 0.497 e. The van der Waals surface area contributed by atoms with E-state index in [1.54, 1.807) is 47.9 Å². The molecular weight excluding hydrogens is 453 g/mol. The summed E-state index contributed by atoms with van der Waals surface area (Å²) in [7, 11) is 3.30. The SMILES string of the molecule is COc1ccc(Cn2c(SCC(=O)N(C)Cc3ccc(F)cc3)nc3ccccc3c2=O)cc1. The fraction of sp³-hybridized carbons (Fsp3) is 0.192. The number of carbonyl (C=O) groups excluding carboxylic acids is 1. The zero-order valence-corrected chi connectivity index (χ0v) is 19.7. The number of carbonyl (C=O) groups is 1. The number of hydrogen-bond acceptors (Lipinski definition) is 5. The van der Waals surface area contributed by atoms with E-state index in [4.69, 9.17) is 4.74 Å². The van der Waals surface area contributed by atoms with E-state index >= 15 is 0 Å². The molecule has 0 aliphatic rings. The van der Waals surface area contributed by atoms with Crippen LogP contribution in [-0.4, -0.2) is 40.3 Å². The minimum atomic E-state index is -0.314. The number of methoxy groups -OCH3 is 1. The van der Waals surface area contributed by atoms with Gasteiger partial charge < -0.3 is 9.64 Å². The summed E-state index contributed by atoms with van der Waals surface area (Å²) in [5.41, 5.74) is 2.19. The van der Waals surface area contributed by atoms with Crippen molar-refractivity contribution in [1.29, 1.82) is 0 Å². The highest BCUT2D eigenvalue weighted by atomic mass is 32.2. The molecule has 1 heterocycles. The van der Waals surface area contributed by atoms with Crippen LogP contribution in [0.25, 0.3) is 10.9 Å². The Morgan fingerprint density at radius 3 is 2.41 bits per heavy atom. The molecule has 0 bridgehead atoms. The highest BCUT2D eigenvalue weighted by molar-refractivity contribution is 7.99. The number of aromatic nitrogens is 2. The van der Waals surface area contributed by atoms with Crippen molar-refractivity contribution in [3.63, 3.8) is 0 Å². The number of thioether (sulfide) groups is 1. The van der Waals surface area contributed by atoms with Crippen molar-refractivity contribution in [3.8, 4) is 5.75 Å². The second-order valence-corrected chi connectivity index (χ2v) is 8.76. The Bertz CT molecular complexity index is 1350. The smallest absolute Gasteiger partial charge is 0.262 e. The van der Waals surface area contributed by atoms with Crippen molar-refractivity contribution in [2.24, 2.45) is 0 Å². The van der Waals surface area contributed by atoms with Gasteiger partial charge in [-0.2, -0.15) is 0 Å². The van der Waals surface area contributed by atoms with Crippen LogP contribution in [0.1, 0.15) is 11.1 Å².